The second-order valence-corrected chi connectivity index (χ2v) is 14.6. The highest BCUT2D eigenvalue weighted by atomic mass is 16.6. The predicted molar refractivity (Wildman–Crippen MR) is 178 cm³/mol. The monoisotopic (exact) mass is 634 g/mol. The maximum absolute atomic E-state index is 13.8. The van der Waals surface area contributed by atoms with Crippen LogP contribution < -0.4 is 4.74 Å². The molecule has 252 valence electrons. The van der Waals surface area contributed by atoms with Crippen LogP contribution in [0.5, 0.6) is 5.75 Å². The number of hydrogen-bond acceptors (Lipinski definition) is 7. The third-order valence-electron chi connectivity index (χ3n) is 11.8. The summed E-state index contributed by atoms with van der Waals surface area (Å²) in [7, 11) is 1.64. The predicted octanol–water partition coefficient (Wildman–Crippen LogP) is 7.33. The van der Waals surface area contributed by atoms with Crippen LogP contribution in [0.1, 0.15) is 107 Å². The maximum Gasteiger partial charge on any atom is 0.410 e. The minimum absolute atomic E-state index is 0.00546. The Labute approximate surface area is 274 Å². The Hall–Kier alpha value is -3.07. The van der Waals surface area contributed by atoms with E-state index < -0.39 is 0 Å². The molecule has 4 fully saturated rings. The molecule has 0 N–H and O–H groups in total. The van der Waals surface area contributed by atoms with E-state index in [0.29, 0.717) is 41.9 Å². The van der Waals surface area contributed by atoms with Gasteiger partial charge in [0.05, 0.1) is 7.11 Å². The summed E-state index contributed by atoms with van der Waals surface area (Å²) in [6.45, 7) is 11.4. The number of piperidine rings is 2. The lowest BCUT2D eigenvalue weighted by Gasteiger charge is -2.55. The number of aromatic nitrogens is 1. The fraction of sp³-hybridized carbons (Fsp3) is 0.703. The molecule has 3 aliphatic heterocycles. The lowest BCUT2D eigenvalue weighted by molar-refractivity contribution is -0.134. The van der Waals surface area contributed by atoms with E-state index in [-0.39, 0.29) is 23.1 Å². The number of carbonyl (C=O) groups excluding carboxylic acids is 2. The summed E-state index contributed by atoms with van der Waals surface area (Å²) in [4.78, 5) is 33.9. The highest BCUT2D eigenvalue weighted by Crippen LogP contribution is 2.44. The van der Waals surface area contributed by atoms with Crippen molar-refractivity contribution in [2.75, 3.05) is 46.4 Å². The Morgan fingerprint density at radius 3 is 2.37 bits per heavy atom. The average Bonchev–Trinajstić information content (AvgIpc) is 3.47. The molecule has 6 rings (SSSR count). The minimum atomic E-state index is -0.345. The van der Waals surface area contributed by atoms with Crippen LogP contribution in [0, 0.1) is 18.8 Å². The summed E-state index contributed by atoms with van der Waals surface area (Å²) >= 11 is 0. The number of unbranched alkanes of at least 4 members (excludes halogenated alkanes) is 1. The Kier molecular flexibility index (Phi) is 9.97. The molecule has 1 spiro atoms. The maximum atomic E-state index is 13.8. The van der Waals surface area contributed by atoms with Gasteiger partial charge in [0.2, 0.25) is 0 Å². The molecule has 3 saturated heterocycles. The summed E-state index contributed by atoms with van der Waals surface area (Å²) in [5.74, 6) is 2.31. The molecule has 1 atom stereocenters. The zero-order chi connectivity index (χ0) is 32.3. The van der Waals surface area contributed by atoms with Crippen LogP contribution in [0.2, 0.25) is 0 Å². The summed E-state index contributed by atoms with van der Waals surface area (Å²) in [5, 5.41) is 4.25. The van der Waals surface area contributed by atoms with Crippen molar-refractivity contribution in [2.24, 2.45) is 11.8 Å². The number of amides is 2. The third-order valence-corrected chi connectivity index (χ3v) is 11.8. The van der Waals surface area contributed by atoms with Crippen molar-refractivity contribution in [2.45, 2.75) is 109 Å². The SMILES string of the molecule is CCCCC1CN(CC2CCCCC2)C(=O)OC12CCN(C1(C)CCN(C(=O)c3c(-c4ccc(OC)cc4)noc3C)CC1)CC2. The quantitative estimate of drug-likeness (QED) is 0.285. The molecule has 9 heteroatoms. The molecule has 1 aromatic carbocycles. The van der Waals surface area contributed by atoms with E-state index in [4.69, 9.17) is 14.0 Å². The highest BCUT2D eigenvalue weighted by Gasteiger charge is 2.51. The standard InChI is InChI=1S/C37H54N4O5/c1-5-6-12-30-26-40(25-28-10-8-7-9-11-28)35(43)45-37(30)19-23-41(24-20-37)36(3)17-21-39(22-18-36)34(42)32-27(2)46-38-33(32)29-13-15-31(44-4)16-14-29/h13-16,28,30H,5-12,17-26H2,1-4H3. The van der Waals surface area contributed by atoms with Gasteiger partial charge in [-0.15, -0.1) is 0 Å². The Morgan fingerprint density at radius 2 is 1.72 bits per heavy atom. The molecule has 46 heavy (non-hydrogen) atoms. The Bertz CT molecular complexity index is 1330. The normalized spacial score (nSPS) is 23.8. The van der Waals surface area contributed by atoms with Crippen molar-refractivity contribution in [1.82, 2.24) is 19.9 Å². The molecule has 1 aliphatic carbocycles. The number of aryl methyl sites for hydroxylation is 1. The molecule has 2 amide bonds. The van der Waals surface area contributed by atoms with Crippen molar-refractivity contribution >= 4 is 12.0 Å². The van der Waals surface area contributed by atoms with Crippen LogP contribution in [-0.2, 0) is 4.74 Å². The number of rotatable bonds is 9. The van der Waals surface area contributed by atoms with Crippen LogP contribution in [-0.4, -0.2) is 89.4 Å². The van der Waals surface area contributed by atoms with E-state index in [1.165, 1.54) is 44.9 Å². The van der Waals surface area contributed by atoms with Gasteiger partial charge >= 0.3 is 6.09 Å². The van der Waals surface area contributed by atoms with Crippen LogP contribution in [0.15, 0.2) is 28.8 Å². The second-order valence-electron chi connectivity index (χ2n) is 14.6. The summed E-state index contributed by atoms with van der Waals surface area (Å²) in [5.41, 5.74) is 1.62. The first-order chi connectivity index (χ1) is 22.2. The second kappa shape index (κ2) is 14.0. The topological polar surface area (TPSA) is 88.4 Å². The zero-order valence-corrected chi connectivity index (χ0v) is 28.5. The average molecular weight is 635 g/mol. The molecule has 4 heterocycles. The number of likely N-dealkylation sites (tertiary alicyclic amines) is 2. The summed E-state index contributed by atoms with van der Waals surface area (Å²) in [6, 6.07) is 7.56. The number of nitrogens with zero attached hydrogens (tertiary/aromatic N) is 4. The first-order valence-corrected chi connectivity index (χ1v) is 17.9. The summed E-state index contributed by atoms with van der Waals surface area (Å²) in [6.07, 6.45) is 13.4. The van der Waals surface area contributed by atoms with Gasteiger partial charge in [0.25, 0.3) is 5.91 Å². The van der Waals surface area contributed by atoms with E-state index in [1.807, 2.05) is 36.1 Å². The van der Waals surface area contributed by atoms with Crippen molar-refractivity contribution in [1.29, 1.82) is 0 Å². The molecule has 9 nitrogen and oxygen atoms in total. The molecule has 1 unspecified atom stereocenters. The van der Waals surface area contributed by atoms with E-state index in [0.717, 1.165) is 69.6 Å². The molecule has 2 aromatic rings. The lowest BCUT2D eigenvalue weighted by atomic mass is 9.74. The Morgan fingerprint density at radius 1 is 1.02 bits per heavy atom. The van der Waals surface area contributed by atoms with Gasteiger partial charge in [-0.25, -0.2) is 4.79 Å². The van der Waals surface area contributed by atoms with Crippen LogP contribution in [0.3, 0.4) is 0 Å². The first-order valence-electron chi connectivity index (χ1n) is 17.9. The van der Waals surface area contributed by atoms with Crippen LogP contribution in [0.4, 0.5) is 4.79 Å². The van der Waals surface area contributed by atoms with Crippen molar-refractivity contribution < 1.29 is 23.6 Å². The van der Waals surface area contributed by atoms with Gasteiger partial charge in [0.15, 0.2) is 0 Å². The fourth-order valence-electron chi connectivity index (χ4n) is 8.64. The lowest BCUT2D eigenvalue weighted by Crippen LogP contribution is -2.63. The molecule has 1 saturated carbocycles. The van der Waals surface area contributed by atoms with Crippen LogP contribution in [0.25, 0.3) is 11.3 Å². The van der Waals surface area contributed by atoms with Crippen molar-refractivity contribution in [3.8, 4) is 17.0 Å². The van der Waals surface area contributed by atoms with Crippen LogP contribution >= 0.6 is 0 Å². The van der Waals surface area contributed by atoms with E-state index >= 15 is 0 Å². The van der Waals surface area contributed by atoms with Crippen molar-refractivity contribution in [3.63, 3.8) is 0 Å². The number of hydrogen-bond donors (Lipinski definition) is 0. The molecular weight excluding hydrogens is 580 g/mol. The van der Waals surface area contributed by atoms with Gasteiger partial charge in [0.1, 0.15) is 28.4 Å². The molecule has 0 radical (unpaired) electrons. The molecular formula is C37H54N4O5. The molecule has 1 aromatic heterocycles. The third kappa shape index (κ3) is 6.67. The number of benzene rings is 1. The van der Waals surface area contributed by atoms with Gasteiger partial charge in [0, 0.05) is 69.1 Å². The number of methoxy groups -OCH3 is 1. The Balaban J connectivity index is 1.07. The fourth-order valence-corrected chi connectivity index (χ4v) is 8.64. The molecule has 0 bridgehead atoms. The van der Waals surface area contributed by atoms with Gasteiger partial charge in [-0.3, -0.25) is 9.69 Å². The number of ether oxygens (including phenoxy) is 2. The van der Waals surface area contributed by atoms with E-state index in [9.17, 15) is 9.59 Å². The minimum Gasteiger partial charge on any atom is -0.497 e. The van der Waals surface area contributed by atoms with E-state index in [1.54, 1.807) is 7.11 Å². The van der Waals surface area contributed by atoms with Gasteiger partial charge in [-0.05, 0) is 76.1 Å². The zero-order valence-electron chi connectivity index (χ0n) is 28.5. The number of carbonyl (C=O) groups is 2. The smallest absolute Gasteiger partial charge is 0.410 e. The summed E-state index contributed by atoms with van der Waals surface area (Å²) < 4.78 is 17.3. The van der Waals surface area contributed by atoms with Gasteiger partial charge < -0.3 is 23.8 Å². The largest absolute Gasteiger partial charge is 0.497 e. The first kappa shape index (κ1) is 32.9. The highest BCUT2D eigenvalue weighted by molar-refractivity contribution is 6.00. The van der Waals surface area contributed by atoms with Gasteiger partial charge in [-0.1, -0.05) is 44.2 Å². The van der Waals surface area contributed by atoms with E-state index in [2.05, 4.69) is 28.8 Å². The van der Waals surface area contributed by atoms with Gasteiger partial charge in [-0.2, -0.15) is 0 Å². The molecule has 4 aliphatic rings. The van der Waals surface area contributed by atoms with Crippen molar-refractivity contribution in [3.05, 3.63) is 35.6 Å².